The largest absolute Gasteiger partial charge is 0.442 e. The van der Waals surface area contributed by atoms with E-state index in [1.54, 1.807) is 41.2 Å². The van der Waals surface area contributed by atoms with E-state index in [4.69, 9.17) is 10.1 Å². The lowest BCUT2D eigenvalue weighted by Gasteiger charge is -2.16. The molecule has 0 aliphatic carbocycles. The van der Waals surface area contributed by atoms with Crippen LogP contribution in [0.3, 0.4) is 0 Å². The molecule has 2 heterocycles. The van der Waals surface area contributed by atoms with Crippen LogP contribution in [0.25, 0.3) is 11.3 Å². The van der Waals surface area contributed by atoms with E-state index >= 15 is 0 Å². The molecule has 1 saturated heterocycles. The van der Waals surface area contributed by atoms with Gasteiger partial charge in [0.05, 0.1) is 30.5 Å². The Kier molecular flexibility index (Phi) is 6.90. The van der Waals surface area contributed by atoms with Gasteiger partial charge in [0.1, 0.15) is 17.7 Å². The molecule has 8 nitrogen and oxygen atoms in total. The first-order chi connectivity index (χ1) is 16.7. The highest BCUT2D eigenvalue weighted by atomic mass is 19.1. The number of nitrogens with one attached hydrogen (secondary N) is 2. The van der Waals surface area contributed by atoms with Crippen molar-refractivity contribution in [2.24, 2.45) is 0 Å². The van der Waals surface area contributed by atoms with Gasteiger partial charge in [-0.2, -0.15) is 5.10 Å². The van der Waals surface area contributed by atoms with E-state index in [2.05, 4.69) is 10.4 Å². The number of carbonyl (C=O) groups is 2. The molecular formula is C25H25F2N5O3. The van der Waals surface area contributed by atoms with Gasteiger partial charge in [0.25, 0.3) is 0 Å². The second-order valence-corrected chi connectivity index (χ2v) is 8.41. The summed E-state index contributed by atoms with van der Waals surface area (Å²) in [5.74, 6) is -1.24. The minimum Gasteiger partial charge on any atom is -0.442 e. The molecule has 182 valence electrons. The van der Waals surface area contributed by atoms with Gasteiger partial charge in [-0.15, -0.1) is 0 Å². The van der Waals surface area contributed by atoms with E-state index in [1.807, 2.05) is 6.92 Å². The lowest BCUT2D eigenvalue weighted by molar-refractivity contribution is -0.119. The number of nitrogens with zero attached hydrogens (tertiary/aromatic N) is 3. The number of anilines is 1. The second kappa shape index (κ2) is 10.0. The van der Waals surface area contributed by atoms with E-state index in [0.29, 0.717) is 16.9 Å². The Morgan fingerprint density at radius 1 is 1.23 bits per heavy atom. The van der Waals surface area contributed by atoms with Crippen LogP contribution in [0.2, 0.25) is 0 Å². The molecule has 1 aliphatic rings. The van der Waals surface area contributed by atoms with Crippen molar-refractivity contribution < 1.29 is 23.1 Å². The SMILES string of the molecule is CC(=O)NC[C@H]1CN(c2ccc(C(=N)C[C@@H](C)n3ccc(-c4ccccc4F)n3)c(F)c2)C(=O)O1. The summed E-state index contributed by atoms with van der Waals surface area (Å²) in [6.07, 6.45) is 0.742. The van der Waals surface area contributed by atoms with E-state index < -0.39 is 18.0 Å². The van der Waals surface area contributed by atoms with Gasteiger partial charge in [-0.25, -0.2) is 13.6 Å². The van der Waals surface area contributed by atoms with Crippen molar-refractivity contribution in [2.45, 2.75) is 32.4 Å². The number of halogens is 2. The predicted molar refractivity (Wildman–Crippen MR) is 126 cm³/mol. The zero-order valence-corrected chi connectivity index (χ0v) is 19.3. The minimum absolute atomic E-state index is 0.0667. The van der Waals surface area contributed by atoms with Crippen molar-refractivity contribution in [3.63, 3.8) is 0 Å². The molecule has 2 N–H and O–H groups in total. The van der Waals surface area contributed by atoms with Crippen LogP contribution in [-0.2, 0) is 9.53 Å². The van der Waals surface area contributed by atoms with Crippen molar-refractivity contribution in [3.8, 4) is 11.3 Å². The van der Waals surface area contributed by atoms with Crippen LogP contribution in [0.15, 0.2) is 54.7 Å². The zero-order valence-electron chi connectivity index (χ0n) is 19.3. The molecule has 10 heteroatoms. The zero-order chi connectivity index (χ0) is 25.1. The highest BCUT2D eigenvalue weighted by Crippen LogP contribution is 2.26. The van der Waals surface area contributed by atoms with Crippen molar-refractivity contribution in [2.75, 3.05) is 18.0 Å². The maximum absolute atomic E-state index is 14.9. The summed E-state index contributed by atoms with van der Waals surface area (Å²) in [6.45, 7) is 3.56. The molecule has 2 atom stereocenters. The highest BCUT2D eigenvalue weighted by molar-refractivity contribution is 5.99. The maximum Gasteiger partial charge on any atom is 0.414 e. The highest BCUT2D eigenvalue weighted by Gasteiger charge is 2.32. The molecule has 0 unspecified atom stereocenters. The van der Waals surface area contributed by atoms with Crippen LogP contribution in [0.1, 0.15) is 31.9 Å². The number of hydrogen-bond acceptors (Lipinski definition) is 5. The van der Waals surface area contributed by atoms with Gasteiger partial charge in [-0.05, 0) is 43.3 Å². The molecule has 0 bridgehead atoms. The first-order valence-corrected chi connectivity index (χ1v) is 11.1. The topological polar surface area (TPSA) is 100 Å². The van der Waals surface area contributed by atoms with Crippen molar-refractivity contribution in [1.29, 1.82) is 5.41 Å². The fraction of sp³-hybridized carbons (Fsp3) is 0.280. The van der Waals surface area contributed by atoms with Crippen molar-refractivity contribution in [1.82, 2.24) is 15.1 Å². The molecule has 1 aliphatic heterocycles. The molecule has 2 aromatic carbocycles. The predicted octanol–water partition coefficient (Wildman–Crippen LogP) is 4.31. The van der Waals surface area contributed by atoms with Gasteiger partial charge in [0.2, 0.25) is 5.91 Å². The molecule has 3 aromatic rings. The smallest absolute Gasteiger partial charge is 0.414 e. The molecule has 1 fully saturated rings. The molecule has 2 amide bonds. The molecule has 0 spiro atoms. The number of aromatic nitrogens is 2. The fourth-order valence-electron chi connectivity index (χ4n) is 3.91. The number of rotatable bonds is 8. The number of ether oxygens (including phenoxy) is 1. The Bertz CT molecular complexity index is 1280. The third-order valence-corrected chi connectivity index (χ3v) is 5.75. The molecule has 0 radical (unpaired) electrons. The molecule has 4 rings (SSSR count). The van der Waals surface area contributed by atoms with Crippen LogP contribution >= 0.6 is 0 Å². The summed E-state index contributed by atoms with van der Waals surface area (Å²) in [6, 6.07) is 12.0. The number of hydrogen-bond donors (Lipinski definition) is 2. The van der Waals surface area contributed by atoms with Gasteiger partial charge in [0, 0.05) is 36.4 Å². The van der Waals surface area contributed by atoms with E-state index in [-0.39, 0.29) is 48.6 Å². The third kappa shape index (κ3) is 5.37. The number of cyclic esters (lactones) is 1. The first-order valence-electron chi connectivity index (χ1n) is 11.1. The summed E-state index contributed by atoms with van der Waals surface area (Å²) in [4.78, 5) is 24.5. The first kappa shape index (κ1) is 24.1. The Balaban J connectivity index is 1.42. The molecule has 1 aromatic heterocycles. The molecule has 35 heavy (non-hydrogen) atoms. The lowest BCUT2D eigenvalue weighted by atomic mass is 10.0. The van der Waals surface area contributed by atoms with Crippen molar-refractivity contribution >= 4 is 23.4 Å². The summed E-state index contributed by atoms with van der Waals surface area (Å²) in [5.41, 5.74) is 1.35. The van der Waals surface area contributed by atoms with E-state index in [9.17, 15) is 18.4 Å². The second-order valence-electron chi connectivity index (χ2n) is 8.41. The number of benzene rings is 2. The van der Waals surface area contributed by atoms with Gasteiger partial charge < -0.3 is 15.5 Å². The Morgan fingerprint density at radius 2 is 2.00 bits per heavy atom. The summed E-state index contributed by atoms with van der Waals surface area (Å²) in [5, 5.41) is 15.4. The Labute approximate surface area is 201 Å². The van der Waals surface area contributed by atoms with Gasteiger partial charge in [-0.1, -0.05) is 12.1 Å². The van der Waals surface area contributed by atoms with Crippen LogP contribution < -0.4 is 10.2 Å². The van der Waals surface area contributed by atoms with Crippen LogP contribution in [0.4, 0.5) is 19.3 Å². The molecule has 0 saturated carbocycles. The average molecular weight is 482 g/mol. The standard InChI is InChI=1S/C25H25F2N5O3/c1-15(32-10-9-24(30-32)20-5-3-4-6-21(20)26)11-23(28)19-8-7-17(12-22(19)27)31-14-18(35-25(31)34)13-29-16(2)33/h3-10,12,15,18,28H,11,13-14H2,1-2H3,(H,29,33)/t15-,18+/m1/s1. The van der Waals surface area contributed by atoms with Gasteiger partial charge in [0.15, 0.2) is 0 Å². The average Bonchev–Trinajstić information content (AvgIpc) is 3.45. The van der Waals surface area contributed by atoms with Crippen LogP contribution in [0, 0.1) is 17.0 Å². The molecular weight excluding hydrogens is 456 g/mol. The number of carbonyl (C=O) groups excluding carboxylic acids is 2. The Morgan fingerprint density at radius 3 is 2.71 bits per heavy atom. The summed E-state index contributed by atoms with van der Waals surface area (Å²) >= 11 is 0. The number of amides is 2. The fourth-order valence-corrected chi connectivity index (χ4v) is 3.91. The maximum atomic E-state index is 14.9. The van der Waals surface area contributed by atoms with Gasteiger partial charge in [-0.3, -0.25) is 14.4 Å². The Hall–Kier alpha value is -4.08. The van der Waals surface area contributed by atoms with Crippen molar-refractivity contribution in [3.05, 3.63) is 71.9 Å². The lowest BCUT2D eigenvalue weighted by Crippen LogP contribution is -2.33. The summed E-state index contributed by atoms with van der Waals surface area (Å²) < 4.78 is 35.8. The minimum atomic E-state index is -0.634. The van der Waals surface area contributed by atoms with E-state index in [0.717, 1.165) is 0 Å². The van der Waals surface area contributed by atoms with Crippen LogP contribution in [-0.4, -0.2) is 46.7 Å². The van der Waals surface area contributed by atoms with Crippen LogP contribution in [0.5, 0.6) is 0 Å². The third-order valence-electron chi connectivity index (χ3n) is 5.75. The summed E-state index contributed by atoms with van der Waals surface area (Å²) in [7, 11) is 0. The monoisotopic (exact) mass is 481 g/mol. The quantitative estimate of drug-likeness (QED) is 0.468. The van der Waals surface area contributed by atoms with E-state index in [1.165, 1.54) is 30.0 Å². The van der Waals surface area contributed by atoms with Gasteiger partial charge >= 0.3 is 6.09 Å². The normalized spacial score (nSPS) is 16.2.